The Morgan fingerprint density at radius 3 is 2.47 bits per heavy atom. The number of carboxylic acids is 1. The summed E-state index contributed by atoms with van der Waals surface area (Å²) in [7, 11) is 3.36. The minimum absolute atomic E-state index is 0.417. The van der Waals surface area contributed by atoms with Gasteiger partial charge in [0.15, 0.2) is 0 Å². The molecule has 0 amide bonds. The van der Waals surface area contributed by atoms with Crippen LogP contribution in [0.2, 0.25) is 0 Å². The third-order valence-corrected chi connectivity index (χ3v) is 3.14. The summed E-state index contributed by atoms with van der Waals surface area (Å²) in [5.41, 5.74) is -0.0781. The van der Waals surface area contributed by atoms with Crippen LogP contribution in [-0.4, -0.2) is 37.4 Å². The maximum atomic E-state index is 11.4. The fourth-order valence-electron chi connectivity index (χ4n) is 1.66. The topological polar surface area (TPSA) is 49.8 Å². The Morgan fingerprint density at radius 2 is 2.00 bits per heavy atom. The van der Waals surface area contributed by atoms with Gasteiger partial charge in [-0.2, -0.15) is 0 Å². The molecule has 0 radical (unpaired) electrons. The van der Waals surface area contributed by atoms with E-state index in [1.165, 1.54) is 0 Å². The molecule has 1 aromatic rings. The van der Waals surface area contributed by atoms with Crippen LogP contribution in [0.1, 0.15) is 13.3 Å². The van der Waals surface area contributed by atoms with Crippen molar-refractivity contribution in [3.05, 3.63) is 30.3 Å². The van der Waals surface area contributed by atoms with E-state index in [0.29, 0.717) is 13.0 Å². The van der Waals surface area contributed by atoms with Gasteiger partial charge in [-0.15, -0.1) is 0 Å². The maximum absolute atomic E-state index is 11.4. The lowest BCUT2D eigenvalue weighted by molar-refractivity contribution is -0.143. The van der Waals surface area contributed by atoms with E-state index in [4.69, 9.17) is 4.74 Å². The molecule has 1 atom stereocenters. The van der Waals surface area contributed by atoms with Gasteiger partial charge in [-0.3, -0.25) is 0 Å². The Labute approximate surface area is 102 Å². The zero-order valence-corrected chi connectivity index (χ0v) is 10.5. The highest BCUT2D eigenvalue weighted by atomic mass is 16.5. The second kappa shape index (κ2) is 5.68. The molecule has 0 spiro atoms. The molecule has 0 saturated carbocycles. The average molecular weight is 237 g/mol. The molecule has 1 aromatic carbocycles. The lowest BCUT2D eigenvalue weighted by Crippen LogP contribution is -2.51. The Balaban J connectivity index is 2.95. The predicted molar refractivity (Wildman–Crippen MR) is 67.4 cm³/mol. The van der Waals surface area contributed by atoms with Crippen LogP contribution in [0.25, 0.3) is 0 Å². The summed E-state index contributed by atoms with van der Waals surface area (Å²) in [5, 5.41) is 9.39. The molecule has 0 saturated heterocycles. The van der Waals surface area contributed by atoms with E-state index in [-0.39, 0.29) is 0 Å². The average Bonchev–Trinajstić information content (AvgIpc) is 2.35. The number of carbonyl (C=O) groups is 1. The van der Waals surface area contributed by atoms with E-state index in [0.717, 1.165) is 5.69 Å². The van der Waals surface area contributed by atoms with Crippen LogP contribution in [0.3, 0.4) is 0 Å². The van der Waals surface area contributed by atoms with Gasteiger partial charge in [0.1, 0.15) is 5.54 Å². The summed E-state index contributed by atoms with van der Waals surface area (Å²) in [6.45, 7) is 2.13. The molecule has 1 N–H and O–H groups in total. The number of methoxy groups -OCH3 is 1. The number of hydrogen-bond donors (Lipinski definition) is 1. The fraction of sp³-hybridized carbons (Fsp3) is 0.462. The monoisotopic (exact) mass is 237 g/mol. The van der Waals surface area contributed by atoms with Gasteiger partial charge in [0, 0.05) is 32.9 Å². The number of para-hydroxylation sites is 1. The highest BCUT2D eigenvalue weighted by Gasteiger charge is 2.37. The zero-order chi connectivity index (χ0) is 12.9. The lowest BCUT2D eigenvalue weighted by atomic mass is 9.95. The molecule has 0 fully saturated rings. The largest absolute Gasteiger partial charge is 0.480 e. The van der Waals surface area contributed by atoms with Gasteiger partial charge >= 0.3 is 5.97 Å². The van der Waals surface area contributed by atoms with Gasteiger partial charge in [-0.05, 0) is 19.1 Å². The second-order valence-electron chi connectivity index (χ2n) is 4.22. The smallest absolute Gasteiger partial charge is 0.329 e. The van der Waals surface area contributed by atoms with Crippen molar-refractivity contribution in [1.29, 1.82) is 0 Å². The molecule has 4 nitrogen and oxygen atoms in total. The first-order valence-electron chi connectivity index (χ1n) is 5.53. The number of ether oxygens (including phenoxy) is 1. The number of likely N-dealkylation sites (N-methyl/N-ethyl adjacent to an activating group) is 1. The predicted octanol–water partition coefficient (Wildman–Crippen LogP) is 2.00. The molecular weight excluding hydrogens is 218 g/mol. The summed E-state index contributed by atoms with van der Waals surface area (Å²) in [4.78, 5) is 13.2. The van der Waals surface area contributed by atoms with Gasteiger partial charge in [-0.1, -0.05) is 18.2 Å². The summed E-state index contributed by atoms with van der Waals surface area (Å²) in [6.07, 6.45) is 0.435. The van der Waals surface area contributed by atoms with Gasteiger partial charge < -0.3 is 14.7 Å². The molecule has 94 valence electrons. The van der Waals surface area contributed by atoms with E-state index in [1.54, 1.807) is 26.0 Å². The zero-order valence-electron chi connectivity index (χ0n) is 10.5. The van der Waals surface area contributed by atoms with Crippen molar-refractivity contribution in [3.8, 4) is 0 Å². The maximum Gasteiger partial charge on any atom is 0.329 e. The van der Waals surface area contributed by atoms with Crippen molar-refractivity contribution in [3.63, 3.8) is 0 Å². The minimum Gasteiger partial charge on any atom is -0.480 e. The van der Waals surface area contributed by atoms with Crippen molar-refractivity contribution >= 4 is 11.7 Å². The molecule has 4 heteroatoms. The molecule has 0 aliphatic heterocycles. The van der Waals surface area contributed by atoms with E-state index in [1.807, 2.05) is 30.3 Å². The van der Waals surface area contributed by atoms with Crippen LogP contribution >= 0.6 is 0 Å². The van der Waals surface area contributed by atoms with Crippen molar-refractivity contribution in [2.24, 2.45) is 0 Å². The third kappa shape index (κ3) is 2.97. The number of carboxylic acid groups (broad SMARTS) is 1. The van der Waals surface area contributed by atoms with Crippen LogP contribution in [0, 0.1) is 0 Å². The minimum atomic E-state index is -0.961. The highest BCUT2D eigenvalue weighted by molar-refractivity contribution is 5.83. The molecule has 1 unspecified atom stereocenters. The van der Waals surface area contributed by atoms with Crippen molar-refractivity contribution in [2.45, 2.75) is 18.9 Å². The number of nitrogens with zero attached hydrogens (tertiary/aromatic N) is 1. The van der Waals surface area contributed by atoms with E-state index in [9.17, 15) is 9.90 Å². The number of rotatable bonds is 6. The number of anilines is 1. The van der Waals surface area contributed by atoms with Crippen LogP contribution in [0.4, 0.5) is 5.69 Å². The Kier molecular flexibility index (Phi) is 4.52. The second-order valence-corrected chi connectivity index (χ2v) is 4.22. The quantitative estimate of drug-likeness (QED) is 0.822. The van der Waals surface area contributed by atoms with Gasteiger partial charge in [0.05, 0.1) is 0 Å². The fourth-order valence-corrected chi connectivity index (χ4v) is 1.66. The van der Waals surface area contributed by atoms with Crippen molar-refractivity contribution in [2.75, 3.05) is 25.7 Å². The molecule has 0 aliphatic carbocycles. The lowest BCUT2D eigenvalue weighted by Gasteiger charge is -2.36. The normalized spacial score (nSPS) is 14.1. The first kappa shape index (κ1) is 13.5. The first-order valence-corrected chi connectivity index (χ1v) is 5.53. The highest BCUT2D eigenvalue weighted by Crippen LogP contribution is 2.25. The van der Waals surface area contributed by atoms with Crippen LogP contribution in [0.15, 0.2) is 30.3 Å². The molecule has 0 bridgehead atoms. The van der Waals surface area contributed by atoms with E-state index < -0.39 is 11.5 Å². The number of benzene rings is 1. The van der Waals surface area contributed by atoms with E-state index >= 15 is 0 Å². The van der Waals surface area contributed by atoms with E-state index in [2.05, 4.69) is 0 Å². The summed E-state index contributed by atoms with van der Waals surface area (Å²) >= 11 is 0. The van der Waals surface area contributed by atoms with Crippen molar-refractivity contribution < 1.29 is 14.6 Å². The number of hydrogen-bond acceptors (Lipinski definition) is 3. The van der Waals surface area contributed by atoms with Crippen LogP contribution < -0.4 is 4.90 Å². The summed E-state index contributed by atoms with van der Waals surface area (Å²) in [6, 6.07) is 9.49. The summed E-state index contributed by atoms with van der Waals surface area (Å²) in [5.74, 6) is -0.846. The van der Waals surface area contributed by atoms with Gasteiger partial charge in [-0.25, -0.2) is 4.79 Å². The molecule has 17 heavy (non-hydrogen) atoms. The van der Waals surface area contributed by atoms with Crippen LogP contribution in [0.5, 0.6) is 0 Å². The first-order chi connectivity index (χ1) is 8.02. The molecule has 0 aliphatic rings. The van der Waals surface area contributed by atoms with Gasteiger partial charge in [0.2, 0.25) is 0 Å². The Morgan fingerprint density at radius 1 is 1.41 bits per heavy atom. The van der Waals surface area contributed by atoms with Crippen molar-refractivity contribution in [1.82, 2.24) is 0 Å². The Hall–Kier alpha value is -1.55. The van der Waals surface area contributed by atoms with Gasteiger partial charge in [0.25, 0.3) is 0 Å². The molecule has 0 aromatic heterocycles. The SMILES string of the molecule is COCCC(C)(C(=O)O)N(C)c1ccccc1. The molecular formula is C13H19NO3. The number of aliphatic carboxylic acids is 1. The summed E-state index contributed by atoms with van der Waals surface area (Å²) < 4.78 is 4.98. The Bertz CT molecular complexity index is 366. The van der Waals surface area contributed by atoms with Crippen LogP contribution in [-0.2, 0) is 9.53 Å². The standard InChI is InChI=1S/C13H19NO3/c1-13(12(15)16,9-10-17-3)14(2)11-7-5-4-6-8-11/h4-8H,9-10H2,1-3H3,(H,15,16). The molecule has 0 heterocycles. The third-order valence-electron chi connectivity index (χ3n) is 3.14. The molecule has 1 rings (SSSR count).